The number of aliphatic hydroxyl groups is 3. The molecular weight excluding hydrogens is 340 g/mol. The van der Waals surface area contributed by atoms with Crippen molar-refractivity contribution in [3.05, 3.63) is 93.8 Å². The van der Waals surface area contributed by atoms with E-state index in [-0.39, 0.29) is 24.8 Å². The number of carbonyl (C=O) groups excluding carboxylic acids is 1. The second kappa shape index (κ2) is 9.67. The molecule has 0 unspecified atom stereocenters. The molecule has 0 saturated heterocycles. The van der Waals surface area contributed by atoms with Gasteiger partial charge in [0, 0.05) is 6.08 Å². The highest BCUT2D eigenvalue weighted by molar-refractivity contribution is 6.02. The molecule has 0 radical (unpaired) electrons. The molecule has 4 heteroatoms. The Morgan fingerprint density at radius 1 is 0.852 bits per heavy atom. The quantitative estimate of drug-likeness (QED) is 0.394. The molecule has 0 aliphatic heterocycles. The molecule has 2 aromatic carbocycles. The van der Waals surface area contributed by atoms with Crippen molar-refractivity contribution in [2.75, 3.05) is 0 Å². The fourth-order valence-electron chi connectivity index (χ4n) is 2.52. The van der Waals surface area contributed by atoms with Gasteiger partial charge in [-0.1, -0.05) is 42.5 Å². The zero-order valence-electron chi connectivity index (χ0n) is 15.5. The van der Waals surface area contributed by atoms with Crippen LogP contribution in [0.25, 0.3) is 12.2 Å². The van der Waals surface area contributed by atoms with Gasteiger partial charge in [0.15, 0.2) is 5.78 Å². The number of carbonyl (C=O) groups is 1. The number of allylic oxidation sites excluding steroid dienone is 3. The van der Waals surface area contributed by atoms with E-state index in [2.05, 4.69) is 0 Å². The molecule has 0 heterocycles. The minimum atomic E-state index is -0.353. The first-order chi connectivity index (χ1) is 12.9. The molecule has 0 fully saturated rings. The van der Waals surface area contributed by atoms with Gasteiger partial charge >= 0.3 is 0 Å². The van der Waals surface area contributed by atoms with Gasteiger partial charge in [-0.15, -0.1) is 0 Å². The van der Waals surface area contributed by atoms with E-state index in [1.54, 1.807) is 30.4 Å². The zero-order valence-corrected chi connectivity index (χ0v) is 15.5. The van der Waals surface area contributed by atoms with E-state index in [1.165, 1.54) is 17.7 Å². The van der Waals surface area contributed by atoms with Crippen LogP contribution in [-0.4, -0.2) is 21.1 Å². The Morgan fingerprint density at radius 3 is 2.15 bits per heavy atom. The summed E-state index contributed by atoms with van der Waals surface area (Å²) in [5.74, 6) is -0.483. The Bertz CT molecular complexity index is 905. The molecule has 0 aliphatic carbocycles. The lowest BCUT2D eigenvalue weighted by molar-refractivity contribution is -0.110. The van der Waals surface area contributed by atoms with Gasteiger partial charge in [-0.25, -0.2) is 0 Å². The molecule has 3 N–H and O–H groups in total. The maximum absolute atomic E-state index is 12.0. The molecular formula is C23H24O4. The van der Waals surface area contributed by atoms with Crippen molar-refractivity contribution in [2.24, 2.45) is 0 Å². The number of rotatable bonds is 7. The number of aryl methyl sites for hydroxylation is 2. The molecule has 0 aromatic heterocycles. The maximum Gasteiger partial charge on any atom is 0.182 e. The third-order valence-electron chi connectivity index (χ3n) is 4.28. The SMILES string of the molecule is Cc1ccc(/C=C/C(O)=C/C(=O)/C=C/c2ccc(CO)c(CO)c2)cc1C. The van der Waals surface area contributed by atoms with E-state index < -0.39 is 0 Å². The predicted molar refractivity (Wildman–Crippen MR) is 108 cm³/mol. The van der Waals surface area contributed by atoms with Crippen LogP contribution in [0, 0.1) is 13.8 Å². The fourth-order valence-corrected chi connectivity index (χ4v) is 2.52. The first kappa shape index (κ1) is 20.4. The minimum absolute atomic E-state index is 0.130. The fraction of sp³-hybridized carbons (Fsp3) is 0.174. The molecule has 0 bridgehead atoms. The van der Waals surface area contributed by atoms with Crippen molar-refractivity contribution in [1.82, 2.24) is 0 Å². The lowest BCUT2D eigenvalue weighted by Crippen LogP contribution is -1.94. The number of benzene rings is 2. The Labute approximate surface area is 159 Å². The summed E-state index contributed by atoms with van der Waals surface area (Å²) in [6, 6.07) is 11.1. The molecule has 140 valence electrons. The normalized spacial score (nSPS) is 12.2. The Morgan fingerprint density at radius 2 is 1.48 bits per heavy atom. The molecule has 27 heavy (non-hydrogen) atoms. The van der Waals surface area contributed by atoms with Crippen molar-refractivity contribution in [3.63, 3.8) is 0 Å². The smallest absolute Gasteiger partial charge is 0.182 e. The topological polar surface area (TPSA) is 77.8 Å². The van der Waals surface area contributed by atoms with Crippen LogP contribution < -0.4 is 0 Å². The van der Waals surface area contributed by atoms with E-state index in [4.69, 9.17) is 0 Å². The molecule has 0 atom stereocenters. The van der Waals surface area contributed by atoms with Gasteiger partial charge in [0.2, 0.25) is 0 Å². The first-order valence-corrected chi connectivity index (χ1v) is 8.64. The van der Waals surface area contributed by atoms with Crippen molar-refractivity contribution in [1.29, 1.82) is 0 Å². The second-order valence-corrected chi connectivity index (χ2v) is 6.33. The molecule has 0 spiro atoms. The minimum Gasteiger partial charge on any atom is -0.508 e. The highest BCUT2D eigenvalue weighted by atomic mass is 16.3. The summed E-state index contributed by atoms with van der Waals surface area (Å²) in [7, 11) is 0. The standard InChI is InChI=1S/C23H24O4/c1-16-3-4-18(11-17(16)2)6-9-22(26)13-23(27)10-7-19-5-8-20(14-24)21(12-19)15-25/h3-13,24-26H,14-15H2,1-2H3/b9-6+,10-7+,22-13-. The molecule has 0 amide bonds. The van der Waals surface area contributed by atoms with Crippen molar-refractivity contribution < 1.29 is 20.1 Å². The summed E-state index contributed by atoms with van der Waals surface area (Å²) in [6.07, 6.45) is 7.31. The Hall–Kier alpha value is -2.95. The van der Waals surface area contributed by atoms with E-state index in [9.17, 15) is 20.1 Å². The van der Waals surface area contributed by atoms with Crippen LogP contribution in [0.1, 0.15) is 33.4 Å². The lowest BCUT2D eigenvalue weighted by Gasteiger charge is -2.05. The highest BCUT2D eigenvalue weighted by Crippen LogP contribution is 2.14. The summed E-state index contributed by atoms with van der Waals surface area (Å²) in [5, 5.41) is 28.4. The van der Waals surface area contributed by atoms with Gasteiger partial charge in [0.25, 0.3) is 0 Å². The van der Waals surface area contributed by atoms with Crippen LogP contribution in [0.4, 0.5) is 0 Å². The van der Waals surface area contributed by atoms with Gasteiger partial charge in [-0.05, 0) is 65.4 Å². The second-order valence-electron chi connectivity index (χ2n) is 6.33. The molecule has 0 saturated carbocycles. The van der Waals surface area contributed by atoms with E-state index in [0.717, 1.165) is 22.8 Å². The van der Waals surface area contributed by atoms with E-state index in [1.807, 2.05) is 32.0 Å². The summed E-state index contributed by atoms with van der Waals surface area (Å²) in [5.41, 5.74) is 5.29. The van der Waals surface area contributed by atoms with Crippen LogP contribution in [0.15, 0.2) is 60.4 Å². The van der Waals surface area contributed by atoms with Gasteiger partial charge < -0.3 is 15.3 Å². The largest absolute Gasteiger partial charge is 0.508 e. The molecule has 2 rings (SSSR count). The van der Waals surface area contributed by atoms with E-state index >= 15 is 0 Å². The number of ketones is 1. The van der Waals surface area contributed by atoms with E-state index in [0.29, 0.717) is 11.1 Å². The predicted octanol–water partition coefficient (Wildman–Crippen LogP) is 4.03. The van der Waals surface area contributed by atoms with Crippen molar-refractivity contribution in [2.45, 2.75) is 27.1 Å². The number of aliphatic hydroxyl groups excluding tert-OH is 3. The molecule has 4 nitrogen and oxygen atoms in total. The van der Waals surface area contributed by atoms with Gasteiger partial charge in [-0.3, -0.25) is 4.79 Å². The first-order valence-electron chi connectivity index (χ1n) is 8.64. The highest BCUT2D eigenvalue weighted by Gasteiger charge is 2.01. The third-order valence-corrected chi connectivity index (χ3v) is 4.28. The average Bonchev–Trinajstić information content (AvgIpc) is 2.67. The van der Waals surface area contributed by atoms with Gasteiger partial charge in [0.1, 0.15) is 5.76 Å². The van der Waals surface area contributed by atoms with Crippen LogP contribution in [-0.2, 0) is 18.0 Å². The molecule has 0 aliphatic rings. The third kappa shape index (κ3) is 6.06. The summed E-state index contributed by atoms with van der Waals surface area (Å²) in [6.45, 7) is 3.72. The summed E-state index contributed by atoms with van der Waals surface area (Å²) >= 11 is 0. The number of hydrogen-bond acceptors (Lipinski definition) is 4. The van der Waals surface area contributed by atoms with Crippen LogP contribution >= 0.6 is 0 Å². The Kier molecular flexibility index (Phi) is 7.29. The van der Waals surface area contributed by atoms with Crippen LogP contribution in [0.2, 0.25) is 0 Å². The van der Waals surface area contributed by atoms with Crippen LogP contribution in [0.3, 0.4) is 0 Å². The average molecular weight is 364 g/mol. The van der Waals surface area contributed by atoms with Crippen LogP contribution in [0.5, 0.6) is 0 Å². The lowest BCUT2D eigenvalue weighted by atomic mass is 10.0. The summed E-state index contributed by atoms with van der Waals surface area (Å²) < 4.78 is 0. The number of hydrogen-bond donors (Lipinski definition) is 3. The zero-order chi connectivity index (χ0) is 19.8. The maximum atomic E-state index is 12.0. The van der Waals surface area contributed by atoms with Crippen molar-refractivity contribution >= 4 is 17.9 Å². The molecule has 2 aromatic rings. The van der Waals surface area contributed by atoms with Gasteiger partial charge in [0.05, 0.1) is 13.2 Å². The monoisotopic (exact) mass is 364 g/mol. The van der Waals surface area contributed by atoms with Gasteiger partial charge in [-0.2, -0.15) is 0 Å². The summed E-state index contributed by atoms with van der Waals surface area (Å²) in [4.78, 5) is 12.0. The van der Waals surface area contributed by atoms with Crippen molar-refractivity contribution in [3.8, 4) is 0 Å². The Balaban J connectivity index is 2.05.